The number of rotatable bonds is 7. The third-order valence-electron chi connectivity index (χ3n) is 4.34. The summed E-state index contributed by atoms with van der Waals surface area (Å²) in [6.07, 6.45) is 4.39. The third-order valence-corrected chi connectivity index (χ3v) is 4.34. The Labute approximate surface area is 154 Å². The number of methoxy groups -OCH3 is 1. The average molecular weight is 357 g/mol. The lowest BCUT2D eigenvalue weighted by atomic mass is 10.3. The molecule has 2 aromatic heterocycles. The van der Waals surface area contributed by atoms with Crippen molar-refractivity contribution < 1.29 is 9.15 Å². The van der Waals surface area contributed by atoms with E-state index < -0.39 is 0 Å². The Kier molecular flexibility index (Phi) is 6.89. The van der Waals surface area contributed by atoms with Crippen LogP contribution >= 0.6 is 0 Å². The molecule has 1 fully saturated rings. The number of ether oxygens (including phenoxy) is 1. The van der Waals surface area contributed by atoms with Gasteiger partial charge in [0.25, 0.3) is 0 Å². The summed E-state index contributed by atoms with van der Waals surface area (Å²) < 4.78 is 10.5. The Morgan fingerprint density at radius 1 is 1.23 bits per heavy atom. The lowest BCUT2D eigenvalue weighted by Gasteiger charge is -2.37. The Bertz CT molecular complexity index is 652. The van der Waals surface area contributed by atoms with Crippen molar-refractivity contribution in [1.29, 1.82) is 0 Å². The second-order valence-electron chi connectivity index (χ2n) is 6.12. The molecule has 7 heteroatoms. The highest BCUT2D eigenvalue weighted by molar-refractivity contribution is 5.80. The van der Waals surface area contributed by atoms with E-state index in [9.17, 15) is 0 Å². The summed E-state index contributed by atoms with van der Waals surface area (Å²) in [6.45, 7) is 5.75. The normalized spacial score (nSPS) is 15.3. The van der Waals surface area contributed by atoms with Crippen LogP contribution in [-0.2, 0) is 11.2 Å². The van der Waals surface area contributed by atoms with E-state index in [0.717, 1.165) is 56.7 Å². The molecule has 0 aliphatic carbocycles. The largest absolute Gasteiger partial charge is 0.469 e. The van der Waals surface area contributed by atoms with Gasteiger partial charge in [-0.15, -0.1) is 0 Å². The summed E-state index contributed by atoms with van der Waals surface area (Å²) in [5.41, 5.74) is 0. The van der Waals surface area contributed by atoms with Gasteiger partial charge in [0, 0.05) is 52.5 Å². The number of furan rings is 1. The minimum absolute atomic E-state index is 0.622. The molecule has 7 nitrogen and oxygen atoms in total. The van der Waals surface area contributed by atoms with Crippen molar-refractivity contribution in [1.82, 2.24) is 15.2 Å². The number of hydrogen-bond donors (Lipinski definition) is 1. The number of guanidine groups is 1. The molecule has 0 radical (unpaired) electrons. The van der Waals surface area contributed by atoms with Crippen LogP contribution in [0, 0.1) is 0 Å². The van der Waals surface area contributed by atoms with Crippen LogP contribution < -0.4 is 10.2 Å². The van der Waals surface area contributed by atoms with Gasteiger partial charge in [-0.3, -0.25) is 4.99 Å². The third kappa shape index (κ3) is 5.23. The van der Waals surface area contributed by atoms with Gasteiger partial charge in [0.05, 0.1) is 19.4 Å². The zero-order valence-electron chi connectivity index (χ0n) is 15.3. The van der Waals surface area contributed by atoms with Gasteiger partial charge in [0.1, 0.15) is 11.6 Å². The summed E-state index contributed by atoms with van der Waals surface area (Å²) in [6, 6.07) is 9.95. The van der Waals surface area contributed by atoms with Crippen LogP contribution in [0.2, 0.25) is 0 Å². The second-order valence-corrected chi connectivity index (χ2v) is 6.12. The molecule has 140 valence electrons. The maximum Gasteiger partial charge on any atom is 0.194 e. The molecule has 0 saturated carbocycles. The van der Waals surface area contributed by atoms with Gasteiger partial charge in [-0.2, -0.15) is 0 Å². The fraction of sp³-hybridized carbons (Fsp3) is 0.474. The van der Waals surface area contributed by atoms with Crippen LogP contribution in [0.15, 0.2) is 52.2 Å². The number of hydrogen-bond acceptors (Lipinski definition) is 5. The van der Waals surface area contributed by atoms with Crippen molar-refractivity contribution in [2.24, 2.45) is 4.99 Å². The maximum atomic E-state index is 5.40. The number of anilines is 1. The van der Waals surface area contributed by atoms with Crippen molar-refractivity contribution in [3.8, 4) is 0 Å². The van der Waals surface area contributed by atoms with Crippen LogP contribution in [-0.4, -0.2) is 68.8 Å². The molecule has 0 atom stereocenters. The zero-order chi connectivity index (χ0) is 18.0. The quantitative estimate of drug-likeness (QED) is 0.462. The topological polar surface area (TPSA) is 66.1 Å². The van der Waals surface area contributed by atoms with Crippen molar-refractivity contribution in [2.45, 2.75) is 6.42 Å². The van der Waals surface area contributed by atoms with E-state index in [4.69, 9.17) is 14.1 Å². The van der Waals surface area contributed by atoms with Crippen LogP contribution in [0.3, 0.4) is 0 Å². The van der Waals surface area contributed by atoms with Gasteiger partial charge in [-0.05, 0) is 24.3 Å². The Balaban J connectivity index is 1.53. The SMILES string of the molecule is COCCN=C(NCCc1ccco1)N1CCN(c2ccccn2)CC1. The number of nitrogens with one attached hydrogen (secondary N) is 1. The van der Waals surface area contributed by atoms with Gasteiger partial charge in [-0.25, -0.2) is 4.98 Å². The molecule has 0 amide bonds. The lowest BCUT2D eigenvalue weighted by Crippen LogP contribution is -2.53. The molecule has 1 N–H and O–H groups in total. The van der Waals surface area contributed by atoms with Crippen LogP contribution in [0.1, 0.15) is 5.76 Å². The monoisotopic (exact) mass is 357 g/mol. The standard InChI is InChI=1S/C19H27N5O2/c1-25-16-10-22-19(21-9-7-17-5-4-15-26-17)24-13-11-23(12-14-24)18-6-2-3-8-20-18/h2-6,8,15H,7,9-14,16H2,1H3,(H,21,22). The van der Waals surface area contributed by atoms with E-state index in [1.165, 1.54) is 0 Å². The first-order valence-corrected chi connectivity index (χ1v) is 9.07. The summed E-state index contributed by atoms with van der Waals surface area (Å²) in [7, 11) is 1.70. The number of aromatic nitrogens is 1. The van der Waals surface area contributed by atoms with E-state index in [-0.39, 0.29) is 0 Å². The molecule has 26 heavy (non-hydrogen) atoms. The van der Waals surface area contributed by atoms with Crippen LogP contribution in [0.4, 0.5) is 5.82 Å². The first-order chi connectivity index (χ1) is 12.9. The molecule has 0 bridgehead atoms. The van der Waals surface area contributed by atoms with Crippen molar-refractivity contribution in [3.05, 3.63) is 48.6 Å². The van der Waals surface area contributed by atoms with Crippen LogP contribution in [0.25, 0.3) is 0 Å². The minimum atomic E-state index is 0.622. The molecule has 3 heterocycles. The van der Waals surface area contributed by atoms with E-state index in [0.29, 0.717) is 13.2 Å². The van der Waals surface area contributed by atoms with E-state index >= 15 is 0 Å². The first-order valence-electron chi connectivity index (χ1n) is 9.07. The molecule has 0 unspecified atom stereocenters. The van der Waals surface area contributed by atoms with Crippen molar-refractivity contribution in [3.63, 3.8) is 0 Å². The minimum Gasteiger partial charge on any atom is -0.469 e. The fourth-order valence-corrected chi connectivity index (χ4v) is 2.95. The Morgan fingerprint density at radius 3 is 2.81 bits per heavy atom. The second kappa shape index (κ2) is 9.82. The van der Waals surface area contributed by atoms with E-state index in [1.54, 1.807) is 13.4 Å². The maximum absolute atomic E-state index is 5.40. The van der Waals surface area contributed by atoms with Crippen molar-refractivity contribution in [2.75, 3.05) is 57.9 Å². The first kappa shape index (κ1) is 18.3. The summed E-state index contributed by atoms with van der Waals surface area (Å²) >= 11 is 0. The van der Waals surface area contributed by atoms with Crippen molar-refractivity contribution >= 4 is 11.8 Å². The highest BCUT2D eigenvalue weighted by Gasteiger charge is 2.20. The van der Waals surface area contributed by atoms with E-state index in [2.05, 4.69) is 26.2 Å². The number of nitrogens with zero attached hydrogens (tertiary/aromatic N) is 4. The summed E-state index contributed by atoms with van der Waals surface area (Å²) in [5, 5.41) is 3.47. The lowest BCUT2D eigenvalue weighted by molar-refractivity contribution is 0.207. The number of pyridine rings is 1. The molecule has 0 aromatic carbocycles. The number of aliphatic imine (C=N–C) groups is 1. The van der Waals surface area contributed by atoms with E-state index in [1.807, 2.05) is 30.5 Å². The molecular formula is C19H27N5O2. The Hall–Kier alpha value is -2.54. The molecule has 3 rings (SSSR count). The molecule has 1 aliphatic rings. The predicted molar refractivity (Wildman–Crippen MR) is 103 cm³/mol. The van der Waals surface area contributed by atoms with Gasteiger partial charge in [0.2, 0.25) is 0 Å². The highest BCUT2D eigenvalue weighted by atomic mass is 16.5. The molecule has 1 aliphatic heterocycles. The van der Waals surface area contributed by atoms with Gasteiger partial charge >= 0.3 is 0 Å². The van der Waals surface area contributed by atoms with Gasteiger partial charge < -0.3 is 24.3 Å². The van der Waals surface area contributed by atoms with Gasteiger partial charge in [0.15, 0.2) is 5.96 Å². The van der Waals surface area contributed by atoms with Gasteiger partial charge in [-0.1, -0.05) is 6.07 Å². The zero-order valence-corrected chi connectivity index (χ0v) is 15.3. The predicted octanol–water partition coefficient (Wildman–Crippen LogP) is 1.63. The average Bonchev–Trinajstić information content (AvgIpc) is 3.21. The summed E-state index contributed by atoms with van der Waals surface area (Å²) in [5.74, 6) is 2.96. The Morgan fingerprint density at radius 2 is 2.12 bits per heavy atom. The highest BCUT2D eigenvalue weighted by Crippen LogP contribution is 2.12. The smallest absolute Gasteiger partial charge is 0.194 e. The fourth-order valence-electron chi connectivity index (χ4n) is 2.95. The van der Waals surface area contributed by atoms with Crippen LogP contribution in [0.5, 0.6) is 0 Å². The molecule has 1 saturated heterocycles. The summed E-state index contributed by atoms with van der Waals surface area (Å²) in [4.78, 5) is 13.8. The molecule has 0 spiro atoms. The molecular weight excluding hydrogens is 330 g/mol. The number of piperazine rings is 1. The molecule has 2 aromatic rings.